The van der Waals surface area contributed by atoms with Crippen LogP contribution in [0.15, 0.2) is 0 Å². The van der Waals surface area contributed by atoms with E-state index in [1.54, 1.807) is 0 Å². The number of rotatable bonds is 18. The van der Waals surface area contributed by atoms with E-state index >= 15 is 0 Å². The van der Waals surface area contributed by atoms with Gasteiger partial charge >= 0.3 is 7.82 Å². The molecule has 0 aromatic carbocycles. The molecule has 0 bridgehead atoms. The van der Waals surface area contributed by atoms with Crippen molar-refractivity contribution < 1.29 is 18.9 Å². The minimum atomic E-state index is -4.26. The Hall–Kier alpha value is 1.03. The zero-order valence-corrected chi connectivity index (χ0v) is 20.5. The summed E-state index contributed by atoms with van der Waals surface area (Å²) in [5.74, 6) is 0. The fourth-order valence-electron chi connectivity index (χ4n) is 2.83. The van der Waals surface area contributed by atoms with Crippen LogP contribution in [-0.2, 0) is 9.09 Å². The van der Waals surface area contributed by atoms with Crippen LogP contribution in [-0.4, -0.2) is 43.7 Å². The SMILES string of the molecule is CCCCCCCCCCCCCCCCCCOP(=O)(O)O.[Pb]. The molecule has 0 rings (SSSR count). The zero-order chi connectivity index (χ0) is 17.2. The Labute approximate surface area is 169 Å². The van der Waals surface area contributed by atoms with Crippen LogP contribution in [0.25, 0.3) is 0 Å². The van der Waals surface area contributed by atoms with Crippen LogP contribution in [0.5, 0.6) is 0 Å². The molecule has 0 aromatic heterocycles. The average molecular weight is 558 g/mol. The van der Waals surface area contributed by atoms with Crippen molar-refractivity contribution in [1.29, 1.82) is 0 Å². The second-order valence-corrected chi connectivity index (χ2v) is 7.87. The van der Waals surface area contributed by atoms with Crippen molar-refractivity contribution in [3.8, 4) is 0 Å². The molecule has 0 aliphatic carbocycles. The first-order chi connectivity index (χ1) is 11.1. The summed E-state index contributed by atoms with van der Waals surface area (Å²) in [6.45, 7) is 2.43. The van der Waals surface area contributed by atoms with Crippen molar-refractivity contribution in [3.05, 3.63) is 0 Å². The van der Waals surface area contributed by atoms with E-state index in [1.807, 2.05) is 0 Å². The normalized spacial score (nSPS) is 11.5. The summed E-state index contributed by atoms with van der Waals surface area (Å²) in [4.78, 5) is 17.1. The van der Waals surface area contributed by atoms with E-state index in [-0.39, 0.29) is 33.9 Å². The van der Waals surface area contributed by atoms with Crippen molar-refractivity contribution in [2.24, 2.45) is 0 Å². The Morgan fingerprint density at radius 3 is 1.21 bits per heavy atom. The topological polar surface area (TPSA) is 66.8 Å². The summed E-state index contributed by atoms with van der Waals surface area (Å²) in [5, 5.41) is 0. The van der Waals surface area contributed by atoms with Crippen molar-refractivity contribution >= 4 is 35.1 Å². The van der Waals surface area contributed by atoms with E-state index in [4.69, 9.17) is 9.79 Å². The van der Waals surface area contributed by atoms with Gasteiger partial charge < -0.3 is 9.79 Å². The van der Waals surface area contributed by atoms with Crippen molar-refractivity contribution in [3.63, 3.8) is 0 Å². The molecule has 0 saturated heterocycles. The minimum Gasteiger partial charge on any atom is -0.303 e. The molecule has 24 heavy (non-hydrogen) atoms. The zero-order valence-electron chi connectivity index (χ0n) is 15.7. The summed E-state index contributed by atoms with van der Waals surface area (Å²) in [7, 11) is -4.26. The maximum atomic E-state index is 10.5. The van der Waals surface area contributed by atoms with Crippen LogP contribution in [0, 0.1) is 0 Å². The summed E-state index contributed by atoms with van der Waals surface area (Å²) in [6, 6.07) is 0. The van der Waals surface area contributed by atoms with E-state index in [0.717, 1.165) is 19.3 Å². The predicted octanol–water partition coefficient (Wildman–Crippen LogP) is 5.98. The second kappa shape index (κ2) is 20.3. The fraction of sp³-hybridized carbons (Fsp3) is 1.00. The van der Waals surface area contributed by atoms with Gasteiger partial charge in [0.2, 0.25) is 0 Å². The van der Waals surface area contributed by atoms with Crippen molar-refractivity contribution in [1.82, 2.24) is 0 Å². The first-order valence-corrected chi connectivity index (χ1v) is 11.3. The van der Waals surface area contributed by atoms with Crippen LogP contribution in [0.4, 0.5) is 0 Å². The van der Waals surface area contributed by atoms with Gasteiger partial charge in [0.25, 0.3) is 0 Å². The van der Waals surface area contributed by atoms with Crippen molar-refractivity contribution in [2.45, 2.75) is 110 Å². The molecule has 0 aliphatic rings. The summed E-state index contributed by atoms with van der Waals surface area (Å²) in [6.07, 6.45) is 20.7. The molecule has 0 spiro atoms. The third-order valence-electron chi connectivity index (χ3n) is 4.26. The molecule has 0 aliphatic heterocycles. The summed E-state index contributed by atoms with van der Waals surface area (Å²) < 4.78 is 14.9. The Bertz CT molecular complexity index is 284. The molecular weight excluding hydrogens is 518 g/mol. The molecular formula is C18H39O4PPb. The van der Waals surface area contributed by atoms with E-state index in [2.05, 4.69) is 11.4 Å². The maximum absolute atomic E-state index is 10.5. The quantitative estimate of drug-likeness (QED) is 0.124. The molecule has 4 nitrogen and oxygen atoms in total. The van der Waals surface area contributed by atoms with E-state index < -0.39 is 7.82 Å². The number of hydrogen-bond acceptors (Lipinski definition) is 2. The number of unbranched alkanes of at least 4 members (excludes halogenated alkanes) is 15. The molecule has 0 aromatic rings. The Morgan fingerprint density at radius 1 is 0.625 bits per heavy atom. The van der Waals surface area contributed by atoms with Gasteiger partial charge in [0.15, 0.2) is 0 Å². The van der Waals surface area contributed by atoms with Gasteiger partial charge in [-0.25, -0.2) is 4.57 Å². The molecule has 0 fully saturated rings. The van der Waals surface area contributed by atoms with E-state index in [0.29, 0.717) is 0 Å². The summed E-state index contributed by atoms with van der Waals surface area (Å²) in [5.41, 5.74) is 0. The molecule has 6 heteroatoms. The smallest absolute Gasteiger partial charge is 0.303 e. The minimum absolute atomic E-state index is 0. The van der Waals surface area contributed by atoms with Gasteiger partial charge in [-0.05, 0) is 6.42 Å². The van der Waals surface area contributed by atoms with Crippen LogP contribution in [0.3, 0.4) is 0 Å². The number of hydrogen-bond donors (Lipinski definition) is 2. The first kappa shape index (κ1) is 27.3. The average Bonchev–Trinajstić information content (AvgIpc) is 2.49. The van der Waals surface area contributed by atoms with Gasteiger partial charge in [-0.15, -0.1) is 0 Å². The monoisotopic (exact) mass is 558 g/mol. The largest absolute Gasteiger partial charge is 0.469 e. The molecule has 2 N–H and O–H groups in total. The van der Waals surface area contributed by atoms with Crippen LogP contribution < -0.4 is 0 Å². The predicted molar refractivity (Wildman–Crippen MR) is 103 cm³/mol. The van der Waals surface area contributed by atoms with Gasteiger partial charge in [-0.2, -0.15) is 0 Å². The molecule has 0 saturated carbocycles. The number of phosphoric ester groups is 1. The van der Waals surface area contributed by atoms with E-state index in [9.17, 15) is 4.57 Å². The van der Waals surface area contributed by atoms with E-state index in [1.165, 1.54) is 83.5 Å². The molecule has 0 heterocycles. The molecule has 0 unspecified atom stereocenters. The first-order valence-electron chi connectivity index (χ1n) is 9.76. The third-order valence-corrected chi connectivity index (χ3v) is 4.78. The molecule has 4 radical (unpaired) electrons. The van der Waals surface area contributed by atoms with Crippen molar-refractivity contribution in [2.75, 3.05) is 6.61 Å². The van der Waals surface area contributed by atoms with Crippen LogP contribution in [0.1, 0.15) is 110 Å². The van der Waals surface area contributed by atoms with Gasteiger partial charge in [0, 0.05) is 27.3 Å². The van der Waals surface area contributed by atoms with Gasteiger partial charge in [0.05, 0.1) is 6.61 Å². The maximum Gasteiger partial charge on any atom is 0.469 e. The second-order valence-electron chi connectivity index (χ2n) is 6.63. The molecule has 0 atom stereocenters. The Kier molecular flexibility index (Phi) is 23.1. The van der Waals surface area contributed by atoms with Crippen LogP contribution in [0.2, 0.25) is 0 Å². The number of phosphoric acid groups is 1. The molecule has 144 valence electrons. The van der Waals surface area contributed by atoms with Gasteiger partial charge in [0.1, 0.15) is 0 Å². The van der Waals surface area contributed by atoms with Gasteiger partial charge in [-0.1, -0.05) is 103 Å². The summed E-state index contributed by atoms with van der Waals surface area (Å²) >= 11 is 0. The Balaban J connectivity index is 0. The third kappa shape index (κ3) is 25.3. The Morgan fingerprint density at radius 2 is 0.917 bits per heavy atom. The molecule has 0 amide bonds. The van der Waals surface area contributed by atoms with Crippen LogP contribution >= 0.6 is 7.82 Å². The van der Waals surface area contributed by atoms with Gasteiger partial charge in [-0.3, -0.25) is 4.52 Å². The fourth-order valence-corrected chi connectivity index (χ4v) is 3.20. The standard InChI is InChI=1S/C18H39O4P.Pb/c1-2-3-4-5-6-7-8-9-10-11-12-13-14-15-16-17-18-22-23(19,20)21;/h2-18H2,1H3,(H2,19,20,21);.